The van der Waals surface area contributed by atoms with Crippen LogP contribution < -0.4 is 0 Å². The Labute approximate surface area is 131 Å². The molecule has 0 amide bonds. The van der Waals surface area contributed by atoms with Crippen molar-refractivity contribution in [2.24, 2.45) is 0 Å². The largest absolute Gasteiger partial charge is 0.508 e. The molecule has 0 aliphatic heterocycles. The summed E-state index contributed by atoms with van der Waals surface area (Å²) >= 11 is 12.1. The minimum absolute atomic E-state index is 0.0650. The van der Waals surface area contributed by atoms with Crippen LogP contribution in [0, 0.1) is 0 Å². The summed E-state index contributed by atoms with van der Waals surface area (Å²) in [5, 5.41) is 39.5. The zero-order valence-electron chi connectivity index (χ0n) is 10.9. The molecule has 0 bridgehead atoms. The normalized spacial score (nSPS) is 11.5. The van der Waals surface area contributed by atoms with Crippen LogP contribution in [0.2, 0.25) is 0 Å². The van der Waals surface area contributed by atoms with Gasteiger partial charge in [0.2, 0.25) is 0 Å². The number of phenols is 4. The molecule has 4 N–H and O–H groups in total. The van der Waals surface area contributed by atoms with Crippen LogP contribution in [0.3, 0.4) is 0 Å². The van der Waals surface area contributed by atoms with Crippen LogP contribution in [0.15, 0.2) is 36.4 Å². The Morgan fingerprint density at radius 3 is 1.43 bits per heavy atom. The summed E-state index contributed by atoms with van der Waals surface area (Å²) in [6, 6.07) is 7.96. The fourth-order valence-electron chi connectivity index (χ4n) is 2.28. The topological polar surface area (TPSA) is 80.9 Å². The molecule has 0 radical (unpaired) electrons. The first-order valence-corrected chi connectivity index (χ1v) is 7.18. The molecule has 21 heavy (non-hydrogen) atoms. The van der Waals surface area contributed by atoms with E-state index >= 15 is 0 Å². The SMILES string of the molecule is Oc1ccc(O)c(C(CCl)(CCl)c2cc(O)ccc2O)c1. The first-order chi connectivity index (χ1) is 9.94. The summed E-state index contributed by atoms with van der Waals surface area (Å²) in [4.78, 5) is 0. The number of benzene rings is 2. The van der Waals surface area contributed by atoms with Gasteiger partial charge < -0.3 is 20.4 Å². The maximum absolute atomic E-state index is 10.1. The van der Waals surface area contributed by atoms with Crippen molar-refractivity contribution in [2.45, 2.75) is 5.41 Å². The molecule has 0 unspecified atom stereocenters. The van der Waals surface area contributed by atoms with E-state index in [1.807, 2.05) is 0 Å². The van der Waals surface area contributed by atoms with Crippen LogP contribution in [0.5, 0.6) is 23.0 Å². The number of hydrogen-bond acceptors (Lipinski definition) is 4. The van der Waals surface area contributed by atoms with E-state index in [1.54, 1.807) is 0 Å². The number of alkyl halides is 2. The van der Waals surface area contributed by atoms with Gasteiger partial charge in [0.15, 0.2) is 0 Å². The van der Waals surface area contributed by atoms with Crippen molar-refractivity contribution < 1.29 is 20.4 Å². The molecule has 0 atom stereocenters. The zero-order valence-corrected chi connectivity index (χ0v) is 12.4. The number of hydrogen-bond donors (Lipinski definition) is 4. The van der Waals surface area contributed by atoms with E-state index < -0.39 is 5.41 Å². The molecule has 0 saturated carbocycles. The lowest BCUT2D eigenvalue weighted by atomic mass is 9.76. The Bertz CT molecular complexity index is 601. The van der Waals surface area contributed by atoms with Crippen LogP contribution in [-0.2, 0) is 5.41 Å². The van der Waals surface area contributed by atoms with Crippen molar-refractivity contribution in [2.75, 3.05) is 11.8 Å². The van der Waals surface area contributed by atoms with Crippen LogP contribution in [-0.4, -0.2) is 32.2 Å². The van der Waals surface area contributed by atoms with E-state index in [0.29, 0.717) is 0 Å². The lowest BCUT2D eigenvalue weighted by Gasteiger charge is -2.32. The van der Waals surface area contributed by atoms with Gasteiger partial charge >= 0.3 is 0 Å². The van der Waals surface area contributed by atoms with Crippen LogP contribution in [0.25, 0.3) is 0 Å². The fraction of sp³-hybridized carbons (Fsp3) is 0.200. The Kier molecular flexibility index (Phi) is 4.40. The van der Waals surface area contributed by atoms with Crippen molar-refractivity contribution in [3.05, 3.63) is 47.5 Å². The molecule has 0 aromatic heterocycles. The highest BCUT2D eigenvalue weighted by atomic mass is 35.5. The lowest BCUT2D eigenvalue weighted by Crippen LogP contribution is -2.32. The minimum Gasteiger partial charge on any atom is -0.508 e. The average Bonchev–Trinajstić information content (AvgIpc) is 2.48. The van der Waals surface area contributed by atoms with Crippen molar-refractivity contribution in [1.82, 2.24) is 0 Å². The Hall–Kier alpha value is -1.78. The summed E-state index contributed by atoms with van der Waals surface area (Å²) in [7, 11) is 0. The first-order valence-electron chi connectivity index (χ1n) is 6.11. The second-order valence-electron chi connectivity index (χ2n) is 4.75. The highest BCUT2D eigenvalue weighted by Gasteiger charge is 2.38. The molecule has 112 valence electrons. The first kappa shape index (κ1) is 15.6. The van der Waals surface area contributed by atoms with Gasteiger partial charge in [-0.3, -0.25) is 0 Å². The molecule has 0 aliphatic carbocycles. The van der Waals surface area contributed by atoms with Crippen molar-refractivity contribution >= 4 is 23.2 Å². The summed E-state index contributed by atoms with van der Waals surface area (Å²) < 4.78 is 0. The van der Waals surface area contributed by atoms with Gasteiger partial charge in [-0.2, -0.15) is 0 Å². The second-order valence-corrected chi connectivity index (χ2v) is 5.29. The molecule has 0 saturated heterocycles. The molecule has 0 heterocycles. The van der Waals surface area contributed by atoms with Crippen LogP contribution >= 0.6 is 23.2 Å². The van der Waals surface area contributed by atoms with Gasteiger partial charge in [-0.1, -0.05) is 0 Å². The Morgan fingerprint density at radius 1 is 0.714 bits per heavy atom. The summed E-state index contributed by atoms with van der Waals surface area (Å²) in [5.41, 5.74) is -0.615. The van der Waals surface area contributed by atoms with Crippen LogP contribution in [0.4, 0.5) is 0 Å². The van der Waals surface area contributed by atoms with Gasteiger partial charge in [0.05, 0.1) is 5.41 Å². The van der Waals surface area contributed by atoms with Crippen LogP contribution in [0.1, 0.15) is 11.1 Å². The van der Waals surface area contributed by atoms with Gasteiger partial charge in [-0.05, 0) is 36.4 Å². The standard InChI is InChI=1S/C15H14Cl2O4/c16-7-15(8-17,11-5-9(18)1-3-13(11)20)12-6-10(19)2-4-14(12)21/h1-6,18-21H,7-8H2. The number of aromatic hydroxyl groups is 4. The average molecular weight is 329 g/mol. The van der Waals surface area contributed by atoms with E-state index in [0.717, 1.165) is 0 Å². The highest BCUT2D eigenvalue weighted by molar-refractivity contribution is 6.22. The Balaban J connectivity index is 2.76. The number of phenolic OH excluding ortho intramolecular Hbond substituents is 4. The molecule has 0 aliphatic rings. The zero-order chi connectivity index (χ0) is 15.6. The molecule has 0 spiro atoms. The van der Waals surface area contributed by atoms with Crippen molar-refractivity contribution in [3.8, 4) is 23.0 Å². The maximum atomic E-state index is 10.1. The third-order valence-corrected chi connectivity index (χ3v) is 4.36. The molecule has 2 aromatic rings. The third-order valence-electron chi connectivity index (χ3n) is 3.45. The fourth-order valence-corrected chi connectivity index (χ4v) is 3.14. The van der Waals surface area contributed by atoms with Gasteiger partial charge in [0.1, 0.15) is 23.0 Å². The monoisotopic (exact) mass is 328 g/mol. The van der Waals surface area contributed by atoms with Gasteiger partial charge in [-0.15, -0.1) is 23.2 Å². The van der Waals surface area contributed by atoms with Gasteiger partial charge in [0, 0.05) is 22.9 Å². The molecule has 2 aromatic carbocycles. The van der Waals surface area contributed by atoms with Crippen molar-refractivity contribution in [3.63, 3.8) is 0 Å². The summed E-state index contributed by atoms with van der Waals surface area (Å²) in [5.74, 6) is -0.493. The van der Waals surface area contributed by atoms with E-state index in [4.69, 9.17) is 23.2 Å². The quantitative estimate of drug-likeness (QED) is 0.513. The molecular formula is C15H14Cl2O4. The molecule has 0 fully saturated rings. The molecule has 2 rings (SSSR count). The molecule has 6 heteroatoms. The van der Waals surface area contributed by atoms with Gasteiger partial charge in [0.25, 0.3) is 0 Å². The third kappa shape index (κ3) is 2.69. The second kappa shape index (κ2) is 5.92. The maximum Gasteiger partial charge on any atom is 0.120 e. The predicted octanol–water partition coefficient (Wildman–Crippen LogP) is 3.27. The molecule has 4 nitrogen and oxygen atoms in total. The van der Waals surface area contributed by atoms with E-state index in [9.17, 15) is 20.4 Å². The number of rotatable bonds is 4. The summed E-state index contributed by atoms with van der Waals surface area (Å²) in [6.07, 6.45) is 0. The van der Waals surface area contributed by atoms with Gasteiger partial charge in [-0.25, -0.2) is 0 Å². The Morgan fingerprint density at radius 2 is 1.10 bits per heavy atom. The van der Waals surface area contributed by atoms with E-state index in [2.05, 4.69) is 0 Å². The minimum atomic E-state index is -1.16. The predicted molar refractivity (Wildman–Crippen MR) is 81.8 cm³/mol. The van der Waals surface area contributed by atoms with E-state index in [-0.39, 0.29) is 45.9 Å². The lowest BCUT2D eigenvalue weighted by molar-refractivity contribution is 0.425. The van der Waals surface area contributed by atoms with Crippen molar-refractivity contribution in [1.29, 1.82) is 0 Å². The van der Waals surface area contributed by atoms with E-state index in [1.165, 1.54) is 36.4 Å². The summed E-state index contributed by atoms with van der Waals surface area (Å²) in [6.45, 7) is 0. The number of halogens is 2. The molecular weight excluding hydrogens is 315 g/mol. The smallest absolute Gasteiger partial charge is 0.120 e. The highest BCUT2D eigenvalue weighted by Crippen LogP contribution is 2.45.